The van der Waals surface area contributed by atoms with Gasteiger partial charge in [0.05, 0.1) is 18.8 Å². The first kappa shape index (κ1) is 14.0. The summed E-state index contributed by atoms with van der Waals surface area (Å²) in [5, 5.41) is 12.4. The van der Waals surface area contributed by atoms with Crippen molar-refractivity contribution >= 4 is 5.91 Å². The Bertz CT molecular complexity index is 439. The molecule has 19 heavy (non-hydrogen) atoms. The Morgan fingerprint density at radius 1 is 1.42 bits per heavy atom. The van der Waals surface area contributed by atoms with Crippen molar-refractivity contribution in [1.29, 1.82) is 0 Å². The quantitative estimate of drug-likeness (QED) is 0.821. The van der Waals surface area contributed by atoms with E-state index < -0.39 is 5.54 Å². The Hall–Kier alpha value is -1.39. The maximum atomic E-state index is 12.2. The van der Waals surface area contributed by atoms with Gasteiger partial charge in [-0.3, -0.25) is 4.79 Å². The number of carbonyl (C=O) groups excluding carboxylic acids is 1. The minimum absolute atomic E-state index is 0.0227. The highest BCUT2D eigenvalue weighted by molar-refractivity contribution is 5.94. The molecule has 1 atom stereocenters. The van der Waals surface area contributed by atoms with Crippen molar-refractivity contribution in [2.24, 2.45) is 5.92 Å². The molecular formula is C15H21NO3. The third-order valence-corrected chi connectivity index (χ3v) is 3.73. The average Bonchev–Trinajstić information content (AvgIpc) is 3.24. The SMILES string of the molecule is COCc1ccc(C(=O)NC(C)(CO)C2CC2)cc1. The van der Waals surface area contributed by atoms with Gasteiger partial charge in [0, 0.05) is 12.7 Å². The number of hydrogen-bond acceptors (Lipinski definition) is 3. The number of amides is 1. The number of rotatable bonds is 6. The molecule has 4 nitrogen and oxygen atoms in total. The van der Waals surface area contributed by atoms with Crippen LogP contribution in [0.4, 0.5) is 0 Å². The zero-order valence-electron chi connectivity index (χ0n) is 11.5. The molecule has 1 amide bonds. The van der Waals surface area contributed by atoms with Crippen LogP contribution in [-0.2, 0) is 11.3 Å². The van der Waals surface area contributed by atoms with E-state index >= 15 is 0 Å². The lowest BCUT2D eigenvalue weighted by atomic mass is 9.96. The van der Waals surface area contributed by atoms with Crippen molar-refractivity contribution in [1.82, 2.24) is 5.32 Å². The standard InChI is InChI=1S/C15H21NO3/c1-15(10-17,13-7-8-13)16-14(18)12-5-3-11(4-6-12)9-19-2/h3-6,13,17H,7-10H2,1-2H3,(H,16,18). The van der Waals surface area contributed by atoms with Crippen molar-refractivity contribution < 1.29 is 14.6 Å². The van der Waals surface area contributed by atoms with Crippen LogP contribution in [-0.4, -0.2) is 30.3 Å². The van der Waals surface area contributed by atoms with E-state index in [9.17, 15) is 9.90 Å². The summed E-state index contributed by atoms with van der Waals surface area (Å²) in [6, 6.07) is 7.33. The number of aliphatic hydroxyl groups excluding tert-OH is 1. The van der Waals surface area contributed by atoms with E-state index in [-0.39, 0.29) is 12.5 Å². The topological polar surface area (TPSA) is 58.6 Å². The number of ether oxygens (including phenoxy) is 1. The molecule has 1 aromatic carbocycles. The van der Waals surface area contributed by atoms with Crippen molar-refractivity contribution in [3.8, 4) is 0 Å². The largest absolute Gasteiger partial charge is 0.394 e. The first-order valence-corrected chi connectivity index (χ1v) is 6.60. The molecule has 0 spiro atoms. The van der Waals surface area contributed by atoms with Crippen LogP contribution in [0.25, 0.3) is 0 Å². The molecule has 4 heteroatoms. The molecule has 0 radical (unpaired) electrons. The molecule has 2 N–H and O–H groups in total. The van der Waals surface area contributed by atoms with E-state index in [1.807, 2.05) is 19.1 Å². The number of nitrogens with one attached hydrogen (secondary N) is 1. The number of benzene rings is 1. The van der Waals surface area contributed by atoms with Crippen molar-refractivity contribution in [2.45, 2.75) is 31.9 Å². The van der Waals surface area contributed by atoms with Crippen molar-refractivity contribution in [2.75, 3.05) is 13.7 Å². The number of hydrogen-bond donors (Lipinski definition) is 2. The minimum Gasteiger partial charge on any atom is -0.394 e. The van der Waals surface area contributed by atoms with Crippen LogP contribution in [0, 0.1) is 5.92 Å². The summed E-state index contributed by atoms with van der Waals surface area (Å²) in [6.07, 6.45) is 2.15. The highest BCUT2D eigenvalue weighted by Gasteiger charge is 2.42. The van der Waals surface area contributed by atoms with Crippen LogP contribution >= 0.6 is 0 Å². The highest BCUT2D eigenvalue weighted by atomic mass is 16.5. The second-order valence-corrected chi connectivity index (χ2v) is 5.43. The van der Waals surface area contributed by atoms with Crippen molar-refractivity contribution in [3.63, 3.8) is 0 Å². The molecule has 0 aliphatic heterocycles. The van der Waals surface area contributed by atoms with Gasteiger partial charge in [-0.15, -0.1) is 0 Å². The third-order valence-electron chi connectivity index (χ3n) is 3.73. The Labute approximate surface area is 113 Å². The van der Waals surface area contributed by atoms with Gasteiger partial charge in [0.25, 0.3) is 5.91 Å². The molecule has 0 saturated heterocycles. The fraction of sp³-hybridized carbons (Fsp3) is 0.533. The van der Waals surface area contributed by atoms with Crippen LogP contribution in [0.15, 0.2) is 24.3 Å². The second kappa shape index (κ2) is 5.72. The molecule has 1 fully saturated rings. The fourth-order valence-corrected chi connectivity index (χ4v) is 2.24. The smallest absolute Gasteiger partial charge is 0.251 e. The lowest BCUT2D eigenvalue weighted by Gasteiger charge is -2.28. The molecule has 1 unspecified atom stereocenters. The zero-order valence-corrected chi connectivity index (χ0v) is 11.5. The van der Waals surface area contributed by atoms with E-state index in [1.54, 1.807) is 19.2 Å². The van der Waals surface area contributed by atoms with E-state index in [2.05, 4.69) is 5.32 Å². The summed E-state index contributed by atoms with van der Waals surface area (Å²) in [7, 11) is 1.64. The Balaban J connectivity index is 2.02. The maximum Gasteiger partial charge on any atom is 0.251 e. The lowest BCUT2D eigenvalue weighted by Crippen LogP contribution is -2.50. The summed E-state index contributed by atoms with van der Waals surface area (Å²) in [5.41, 5.74) is 1.15. The molecule has 1 aliphatic carbocycles. The predicted molar refractivity (Wildman–Crippen MR) is 72.8 cm³/mol. The van der Waals surface area contributed by atoms with E-state index in [4.69, 9.17) is 4.74 Å². The monoisotopic (exact) mass is 263 g/mol. The average molecular weight is 263 g/mol. The normalized spacial score (nSPS) is 17.8. The Kier molecular flexibility index (Phi) is 4.22. The first-order valence-electron chi connectivity index (χ1n) is 6.60. The highest BCUT2D eigenvalue weighted by Crippen LogP contribution is 2.39. The van der Waals surface area contributed by atoms with Gasteiger partial charge in [-0.25, -0.2) is 0 Å². The Morgan fingerprint density at radius 3 is 2.53 bits per heavy atom. The van der Waals surface area contributed by atoms with Crippen LogP contribution in [0.2, 0.25) is 0 Å². The molecule has 104 valence electrons. The Morgan fingerprint density at radius 2 is 2.05 bits per heavy atom. The molecule has 0 heterocycles. The van der Waals surface area contributed by atoms with Gasteiger partial charge in [-0.1, -0.05) is 12.1 Å². The molecule has 1 saturated carbocycles. The molecule has 0 aromatic heterocycles. The van der Waals surface area contributed by atoms with Gasteiger partial charge < -0.3 is 15.2 Å². The molecular weight excluding hydrogens is 242 g/mol. The summed E-state index contributed by atoms with van der Waals surface area (Å²) in [6.45, 7) is 2.42. The first-order chi connectivity index (χ1) is 9.09. The van der Waals surface area contributed by atoms with E-state index in [0.717, 1.165) is 18.4 Å². The summed E-state index contributed by atoms with van der Waals surface area (Å²) in [5.74, 6) is 0.265. The van der Waals surface area contributed by atoms with Crippen LogP contribution in [0.1, 0.15) is 35.7 Å². The molecule has 0 bridgehead atoms. The van der Waals surface area contributed by atoms with E-state index in [0.29, 0.717) is 18.1 Å². The summed E-state index contributed by atoms with van der Waals surface area (Å²) < 4.78 is 5.03. The summed E-state index contributed by atoms with van der Waals surface area (Å²) in [4.78, 5) is 12.2. The van der Waals surface area contributed by atoms with Gasteiger partial charge >= 0.3 is 0 Å². The second-order valence-electron chi connectivity index (χ2n) is 5.43. The van der Waals surface area contributed by atoms with Crippen LogP contribution in [0.5, 0.6) is 0 Å². The third kappa shape index (κ3) is 3.33. The van der Waals surface area contributed by atoms with Crippen LogP contribution in [0.3, 0.4) is 0 Å². The van der Waals surface area contributed by atoms with Gasteiger partial charge in [0.1, 0.15) is 0 Å². The minimum atomic E-state index is -0.498. The predicted octanol–water partition coefficient (Wildman–Crippen LogP) is 1.72. The van der Waals surface area contributed by atoms with Gasteiger partial charge in [-0.05, 0) is 43.4 Å². The summed E-state index contributed by atoms with van der Waals surface area (Å²) >= 11 is 0. The van der Waals surface area contributed by atoms with Gasteiger partial charge in [0.2, 0.25) is 0 Å². The van der Waals surface area contributed by atoms with E-state index in [1.165, 1.54) is 0 Å². The molecule has 1 aromatic rings. The number of carbonyl (C=O) groups is 1. The zero-order chi connectivity index (χ0) is 13.9. The van der Waals surface area contributed by atoms with Crippen LogP contribution < -0.4 is 5.32 Å². The fourth-order valence-electron chi connectivity index (χ4n) is 2.24. The molecule has 1 aliphatic rings. The number of aliphatic hydroxyl groups is 1. The van der Waals surface area contributed by atoms with Crippen molar-refractivity contribution in [3.05, 3.63) is 35.4 Å². The molecule has 2 rings (SSSR count). The maximum absolute atomic E-state index is 12.2. The number of methoxy groups -OCH3 is 1. The van der Waals surface area contributed by atoms with Gasteiger partial charge in [-0.2, -0.15) is 0 Å². The lowest BCUT2D eigenvalue weighted by molar-refractivity contribution is 0.0824. The van der Waals surface area contributed by atoms with Gasteiger partial charge in [0.15, 0.2) is 0 Å².